The predicted molar refractivity (Wildman–Crippen MR) is 101 cm³/mol. The standard InChI is InChI=1S/C20H30N2O5/c1-19(2,3)22(18(24)27-20(4,5)6)21-12-16(26-17(21)23)14-25-13-15-10-8-7-9-11-15/h7-11,16H,12-14H2,1-6H3/t16-/m0/s1. The summed E-state index contributed by atoms with van der Waals surface area (Å²) in [6, 6.07) is 9.77. The Hall–Kier alpha value is -2.28. The lowest BCUT2D eigenvalue weighted by atomic mass is 10.1. The fourth-order valence-electron chi connectivity index (χ4n) is 2.68. The summed E-state index contributed by atoms with van der Waals surface area (Å²) in [6.07, 6.45) is -1.62. The lowest BCUT2D eigenvalue weighted by Crippen LogP contribution is -2.57. The number of carbonyl (C=O) groups is 2. The molecule has 7 heteroatoms. The van der Waals surface area contributed by atoms with E-state index in [0.717, 1.165) is 5.56 Å². The van der Waals surface area contributed by atoms with Crippen molar-refractivity contribution in [1.82, 2.24) is 10.0 Å². The highest BCUT2D eigenvalue weighted by atomic mass is 16.6. The highest BCUT2D eigenvalue weighted by molar-refractivity contribution is 5.76. The van der Waals surface area contributed by atoms with Gasteiger partial charge in [0.05, 0.1) is 25.3 Å². The summed E-state index contributed by atoms with van der Waals surface area (Å²) in [5, 5.41) is 2.61. The Labute approximate surface area is 161 Å². The molecule has 2 amide bonds. The van der Waals surface area contributed by atoms with Crippen molar-refractivity contribution in [2.24, 2.45) is 0 Å². The Bertz CT molecular complexity index is 649. The second-order valence-corrected chi connectivity index (χ2v) is 8.55. The number of hydrogen-bond donors (Lipinski definition) is 0. The molecule has 0 saturated carbocycles. The smallest absolute Gasteiger partial charge is 0.429 e. The minimum Gasteiger partial charge on any atom is -0.442 e. The van der Waals surface area contributed by atoms with E-state index < -0.39 is 29.4 Å². The molecule has 0 bridgehead atoms. The molecule has 1 atom stereocenters. The molecule has 1 aliphatic heterocycles. The summed E-state index contributed by atoms with van der Waals surface area (Å²) >= 11 is 0. The zero-order valence-corrected chi connectivity index (χ0v) is 17.0. The van der Waals surface area contributed by atoms with Crippen molar-refractivity contribution in [3.63, 3.8) is 0 Å². The Morgan fingerprint density at radius 1 is 1.19 bits per heavy atom. The number of benzene rings is 1. The number of rotatable bonds is 5. The first-order chi connectivity index (χ1) is 12.5. The third-order valence-corrected chi connectivity index (χ3v) is 3.71. The minimum absolute atomic E-state index is 0.226. The van der Waals surface area contributed by atoms with Gasteiger partial charge in [-0.15, -0.1) is 0 Å². The van der Waals surface area contributed by atoms with Crippen molar-refractivity contribution in [3.05, 3.63) is 35.9 Å². The molecular formula is C20H30N2O5. The lowest BCUT2D eigenvalue weighted by Gasteiger charge is -2.40. The van der Waals surface area contributed by atoms with Crippen molar-refractivity contribution in [1.29, 1.82) is 0 Å². The molecule has 1 fully saturated rings. The Morgan fingerprint density at radius 3 is 2.37 bits per heavy atom. The number of carbonyl (C=O) groups excluding carboxylic acids is 2. The number of hydrazine groups is 1. The summed E-state index contributed by atoms with van der Waals surface area (Å²) < 4.78 is 16.5. The van der Waals surface area contributed by atoms with Crippen molar-refractivity contribution in [3.8, 4) is 0 Å². The first kappa shape index (κ1) is 21.0. The van der Waals surface area contributed by atoms with E-state index >= 15 is 0 Å². The molecule has 0 radical (unpaired) electrons. The van der Waals surface area contributed by atoms with Gasteiger partial charge in [0.15, 0.2) is 0 Å². The van der Waals surface area contributed by atoms with Gasteiger partial charge in [-0.2, -0.15) is 0 Å². The largest absolute Gasteiger partial charge is 0.442 e. The van der Waals surface area contributed by atoms with Gasteiger partial charge in [0.25, 0.3) is 0 Å². The van der Waals surface area contributed by atoms with E-state index in [1.165, 1.54) is 10.0 Å². The summed E-state index contributed by atoms with van der Waals surface area (Å²) in [4.78, 5) is 25.0. The number of hydrogen-bond acceptors (Lipinski definition) is 5. The van der Waals surface area contributed by atoms with Gasteiger partial charge < -0.3 is 14.2 Å². The maximum absolute atomic E-state index is 12.7. The molecule has 2 rings (SSSR count). The van der Waals surface area contributed by atoms with Gasteiger partial charge in [0.2, 0.25) is 0 Å². The van der Waals surface area contributed by atoms with Gasteiger partial charge in [0.1, 0.15) is 11.7 Å². The second kappa shape index (κ2) is 8.17. The molecule has 0 unspecified atom stereocenters. The van der Waals surface area contributed by atoms with Crippen LogP contribution in [0.3, 0.4) is 0 Å². The summed E-state index contributed by atoms with van der Waals surface area (Å²) in [6.45, 7) is 11.8. The van der Waals surface area contributed by atoms with Crippen LogP contribution in [0.2, 0.25) is 0 Å². The lowest BCUT2D eigenvalue weighted by molar-refractivity contribution is -0.0650. The average molecular weight is 378 g/mol. The van der Waals surface area contributed by atoms with Crippen LogP contribution in [0.15, 0.2) is 30.3 Å². The molecule has 1 aromatic carbocycles. The topological polar surface area (TPSA) is 68.3 Å². The highest BCUT2D eigenvalue weighted by Crippen LogP contribution is 2.25. The maximum atomic E-state index is 12.7. The molecule has 7 nitrogen and oxygen atoms in total. The highest BCUT2D eigenvalue weighted by Gasteiger charge is 2.44. The normalized spacial score (nSPS) is 17.6. The van der Waals surface area contributed by atoms with E-state index in [1.54, 1.807) is 20.8 Å². The SMILES string of the molecule is CC(C)(C)OC(=O)N(N1C[C@@H](COCc2ccccc2)OC1=O)C(C)(C)C. The average Bonchev–Trinajstić information content (AvgIpc) is 2.86. The van der Waals surface area contributed by atoms with E-state index in [-0.39, 0.29) is 13.2 Å². The van der Waals surface area contributed by atoms with Gasteiger partial charge in [-0.1, -0.05) is 30.3 Å². The molecule has 0 N–H and O–H groups in total. The third-order valence-electron chi connectivity index (χ3n) is 3.71. The number of cyclic esters (lactones) is 1. The van der Waals surface area contributed by atoms with Gasteiger partial charge in [0, 0.05) is 0 Å². The van der Waals surface area contributed by atoms with Crippen LogP contribution >= 0.6 is 0 Å². The fourth-order valence-corrected chi connectivity index (χ4v) is 2.68. The van der Waals surface area contributed by atoms with Gasteiger partial charge >= 0.3 is 12.2 Å². The van der Waals surface area contributed by atoms with Crippen molar-refractivity contribution >= 4 is 12.2 Å². The Morgan fingerprint density at radius 2 is 1.81 bits per heavy atom. The zero-order valence-electron chi connectivity index (χ0n) is 17.0. The monoisotopic (exact) mass is 378 g/mol. The quantitative estimate of drug-likeness (QED) is 0.775. The van der Waals surface area contributed by atoms with Crippen LogP contribution in [0, 0.1) is 0 Å². The van der Waals surface area contributed by atoms with Crippen LogP contribution in [0.1, 0.15) is 47.1 Å². The van der Waals surface area contributed by atoms with Crippen LogP contribution in [0.25, 0.3) is 0 Å². The molecule has 0 aromatic heterocycles. The first-order valence-electron chi connectivity index (χ1n) is 9.10. The van der Waals surface area contributed by atoms with E-state index in [9.17, 15) is 9.59 Å². The minimum atomic E-state index is -0.664. The number of amides is 2. The van der Waals surface area contributed by atoms with Crippen LogP contribution in [0.4, 0.5) is 9.59 Å². The number of nitrogens with zero attached hydrogens (tertiary/aromatic N) is 2. The van der Waals surface area contributed by atoms with E-state index in [4.69, 9.17) is 14.2 Å². The van der Waals surface area contributed by atoms with Gasteiger partial charge in [-0.05, 0) is 47.1 Å². The maximum Gasteiger partial charge on any atom is 0.429 e. The molecule has 150 valence electrons. The molecule has 27 heavy (non-hydrogen) atoms. The van der Waals surface area contributed by atoms with Crippen molar-refractivity contribution in [2.45, 2.75) is 65.4 Å². The van der Waals surface area contributed by atoms with Crippen molar-refractivity contribution in [2.75, 3.05) is 13.2 Å². The summed E-state index contributed by atoms with van der Waals surface area (Å²) in [5.74, 6) is 0. The molecular weight excluding hydrogens is 348 g/mol. The summed E-state index contributed by atoms with van der Waals surface area (Å²) in [7, 11) is 0. The molecule has 1 heterocycles. The molecule has 1 saturated heterocycles. The molecule has 0 spiro atoms. The molecule has 1 aliphatic rings. The van der Waals surface area contributed by atoms with E-state index in [1.807, 2.05) is 51.1 Å². The van der Waals surface area contributed by atoms with E-state index in [2.05, 4.69) is 0 Å². The second-order valence-electron chi connectivity index (χ2n) is 8.55. The van der Waals surface area contributed by atoms with Crippen LogP contribution in [0.5, 0.6) is 0 Å². The predicted octanol–water partition coefficient (Wildman–Crippen LogP) is 3.97. The fraction of sp³-hybridized carbons (Fsp3) is 0.600. The first-order valence-corrected chi connectivity index (χ1v) is 9.10. The van der Waals surface area contributed by atoms with Gasteiger partial charge in [-0.25, -0.2) is 19.6 Å². The van der Waals surface area contributed by atoms with Crippen molar-refractivity contribution < 1.29 is 23.8 Å². The third kappa shape index (κ3) is 6.13. The zero-order chi connectivity index (χ0) is 20.2. The Balaban J connectivity index is 1.99. The number of ether oxygens (including phenoxy) is 3. The molecule has 0 aliphatic carbocycles. The van der Waals surface area contributed by atoms with Gasteiger partial charge in [-0.3, -0.25) is 0 Å². The van der Waals surface area contributed by atoms with Crippen LogP contribution in [-0.4, -0.2) is 52.6 Å². The van der Waals surface area contributed by atoms with Crippen LogP contribution in [-0.2, 0) is 20.8 Å². The molecule has 1 aromatic rings. The summed E-state index contributed by atoms with van der Waals surface area (Å²) in [5.41, 5.74) is -0.271. The van der Waals surface area contributed by atoms with E-state index in [0.29, 0.717) is 6.61 Å². The Kier molecular flexibility index (Phi) is 6.36. The van der Waals surface area contributed by atoms with Crippen LogP contribution < -0.4 is 0 Å².